The predicted octanol–water partition coefficient (Wildman–Crippen LogP) is 3.71. The highest BCUT2D eigenvalue weighted by Crippen LogP contribution is 2.31. The van der Waals surface area contributed by atoms with Gasteiger partial charge in [0, 0.05) is 12.7 Å². The molecule has 0 amide bonds. The van der Waals surface area contributed by atoms with Crippen molar-refractivity contribution < 1.29 is 4.74 Å². The number of nitrogens with zero attached hydrogens (tertiary/aromatic N) is 1. The number of rotatable bonds is 3. The van der Waals surface area contributed by atoms with Crippen molar-refractivity contribution in [1.82, 2.24) is 4.98 Å². The third-order valence-corrected chi connectivity index (χ3v) is 3.71. The van der Waals surface area contributed by atoms with Crippen LogP contribution in [0.2, 0.25) is 0 Å². The lowest BCUT2D eigenvalue weighted by atomic mass is 10.1. The Morgan fingerprint density at radius 2 is 2.00 bits per heavy atom. The van der Waals surface area contributed by atoms with Crippen molar-refractivity contribution in [1.29, 1.82) is 0 Å². The molecule has 0 spiro atoms. The Morgan fingerprint density at radius 1 is 1.22 bits per heavy atom. The first-order valence-corrected chi connectivity index (χ1v) is 6.49. The molecule has 2 N–H and O–H groups in total. The lowest BCUT2D eigenvalue weighted by Crippen LogP contribution is -1.98. The van der Waals surface area contributed by atoms with Crippen LogP contribution in [0.1, 0.15) is 16.7 Å². The quantitative estimate of drug-likeness (QED) is 0.940. The zero-order valence-corrected chi connectivity index (χ0v) is 12.0. The van der Waals surface area contributed by atoms with Crippen molar-refractivity contribution in [2.24, 2.45) is 5.73 Å². The van der Waals surface area contributed by atoms with Gasteiger partial charge in [-0.05, 0) is 58.6 Å². The van der Waals surface area contributed by atoms with Gasteiger partial charge < -0.3 is 10.5 Å². The van der Waals surface area contributed by atoms with E-state index < -0.39 is 0 Å². The first kappa shape index (κ1) is 13.1. The number of aryl methyl sites for hydroxylation is 2. The Hall–Kier alpha value is -1.39. The van der Waals surface area contributed by atoms with Crippen molar-refractivity contribution in [3.8, 4) is 11.6 Å². The molecule has 94 valence electrons. The van der Waals surface area contributed by atoms with Crippen molar-refractivity contribution >= 4 is 15.9 Å². The summed E-state index contributed by atoms with van der Waals surface area (Å²) >= 11 is 3.49. The molecule has 1 aromatic carbocycles. The number of nitrogens with two attached hydrogens (primary N) is 1. The fourth-order valence-corrected chi connectivity index (χ4v) is 1.89. The largest absolute Gasteiger partial charge is 0.438 e. The normalized spacial score (nSPS) is 10.4. The Labute approximate surface area is 115 Å². The average Bonchev–Trinajstić information content (AvgIpc) is 2.37. The van der Waals surface area contributed by atoms with Crippen LogP contribution in [0.5, 0.6) is 11.6 Å². The van der Waals surface area contributed by atoms with Crippen LogP contribution in [0.4, 0.5) is 0 Å². The van der Waals surface area contributed by atoms with Crippen molar-refractivity contribution in [2.45, 2.75) is 20.4 Å². The SMILES string of the molecule is Cc1ccc(CN)cc1Oc1nccc(C)c1Br. The monoisotopic (exact) mass is 306 g/mol. The molecule has 0 atom stereocenters. The molecule has 3 nitrogen and oxygen atoms in total. The summed E-state index contributed by atoms with van der Waals surface area (Å²) in [5.74, 6) is 1.36. The maximum absolute atomic E-state index is 5.85. The molecule has 0 aliphatic carbocycles. The summed E-state index contributed by atoms with van der Waals surface area (Å²) in [7, 11) is 0. The molecule has 18 heavy (non-hydrogen) atoms. The summed E-state index contributed by atoms with van der Waals surface area (Å²) in [5, 5.41) is 0. The van der Waals surface area contributed by atoms with Gasteiger partial charge in [-0.25, -0.2) is 4.98 Å². The van der Waals surface area contributed by atoms with E-state index in [0.717, 1.165) is 26.9 Å². The van der Waals surface area contributed by atoms with Crippen LogP contribution in [0, 0.1) is 13.8 Å². The fraction of sp³-hybridized carbons (Fsp3) is 0.214. The van der Waals surface area contributed by atoms with Gasteiger partial charge in [0.1, 0.15) is 5.75 Å². The minimum atomic E-state index is 0.499. The third kappa shape index (κ3) is 2.71. The van der Waals surface area contributed by atoms with E-state index in [0.29, 0.717) is 12.4 Å². The number of ether oxygens (including phenoxy) is 1. The van der Waals surface area contributed by atoms with Crippen molar-refractivity contribution in [3.05, 3.63) is 51.6 Å². The zero-order valence-electron chi connectivity index (χ0n) is 10.4. The molecule has 0 unspecified atom stereocenters. The second-order valence-electron chi connectivity index (χ2n) is 4.15. The second-order valence-corrected chi connectivity index (χ2v) is 4.95. The second kappa shape index (κ2) is 5.50. The Morgan fingerprint density at radius 3 is 2.72 bits per heavy atom. The summed E-state index contributed by atoms with van der Waals surface area (Å²) in [5.41, 5.74) is 8.83. The van der Waals surface area contributed by atoms with E-state index in [1.165, 1.54) is 0 Å². The average molecular weight is 307 g/mol. The number of benzene rings is 1. The lowest BCUT2D eigenvalue weighted by Gasteiger charge is -2.11. The van der Waals surface area contributed by atoms with E-state index in [1.807, 2.05) is 38.1 Å². The van der Waals surface area contributed by atoms with Gasteiger partial charge in [-0.3, -0.25) is 0 Å². The minimum absolute atomic E-state index is 0.499. The van der Waals surface area contributed by atoms with E-state index in [1.54, 1.807) is 6.20 Å². The minimum Gasteiger partial charge on any atom is -0.438 e. The zero-order chi connectivity index (χ0) is 13.1. The molecule has 0 aliphatic rings. The number of pyridine rings is 1. The summed E-state index contributed by atoms with van der Waals surface area (Å²) < 4.78 is 6.73. The van der Waals surface area contributed by atoms with Crippen LogP contribution in [0.15, 0.2) is 34.9 Å². The number of hydrogen-bond donors (Lipinski definition) is 1. The fourth-order valence-electron chi connectivity index (χ4n) is 1.57. The molecule has 0 radical (unpaired) electrons. The number of aromatic nitrogens is 1. The summed E-state index contributed by atoms with van der Waals surface area (Å²) in [6, 6.07) is 7.88. The highest BCUT2D eigenvalue weighted by Gasteiger charge is 2.08. The predicted molar refractivity (Wildman–Crippen MR) is 75.8 cm³/mol. The number of halogens is 1. The summed E-state index contributed by atoms with van der Waals surface area (Å²) in [6.45, 7) is 4.50. The molecular formula is C14H15BrN2O. The Bertz CT molecular complexity index is 570. The first-order valence-electron chi connectivity index (χ1n) is 5.70. The molecule has 2 aromatic rings. The molecule has 1 heterocycles. The van der Waals surface area contributed by atoms with E-state index in [9.17, 15) is 0 Å². The third-order valence-electron chi connectivity index (χ3n) is 2.75. The highest BCUT2D eigenvalue weighted by atomic mass is 79.9. The van der Waals surface area contributed by atoms with E-state index >= 15 is 0 Å². The van der Waals surface area contributed by atoms with Gasteiger partial charge in [0.15, 0.2) is 0 Å². The van der Waals surface area contributed by atoms with Gasteiger partial charge in [0.05, 0.1) is 4.47 Å². The van der Waals surface area contributed by atoms with Crippen LogP contribution in [0.3, 0.4) is 0 Å². The molecular weight excluding hydrogens is 292 g/mol. The van der Waals surface area contributed by atoms with Crippen LogP contribution < -0.4 is 10.5 Å². The first-order chi connectivity index (χ1) is 8.61. The maximum atomic E-state index is 5.85. The van der Waals surface area contributed by atoms with Crippen LogP contribution in [-0.4, -0.2) is 4.98 Å². The molecule has 1 aromatic heterocycles. The van der Waals surface area contributed by atoms with Crippen LogP contribution in [0.25, 0.3) is 0 Å². The van der Waals surface area contributed by atoms with Crippen LogP contribution >= 0.6 is 15.9 Å². The lowest BCUT2D eigenvalue weighted by molar-refractivity contribution is 0.455. The molecule has 0 saturated carbocycles. The van der Waals surface area contributed by atoms with Crippen molar-refractivity contribution in [2.75, 3.05) is 0 Å². The molecule has 0 bridgehead atoms. The number of hydrogen-bond acceptors (Lipinski definition) is 3. The molecule has 0 saturated heterocycles. The Balaban J connectivity index is 2.36. The van der Waals surface area contributed by atoms with Gasteiger partial charge in [0.25, 0.3) is 0 Å². The van der Waals surface area contributed by atoms with E-state index in [4.69, 9.17) is 10.5 Å². The van der Waals surface area contributed by atoms with E-state index in [-0.39, 0.29) is 0 Å². The Kier molecular flexibility index (Phi) is 3.99. The van der Waals surface area contributed by atoms with Crippen molar-refractivity contribution in [3.63, 3.8) is 0 Å². The van der Waals surface area contributed by atoms with Gasteiger partial charge in [0.2, 0.25) is 5.88 Å². The van der Waals surface area contributed by atoms with Gasteiger partial charge in [-0.15, -0.1) is 0 Å². The van der Waals surface area contributed by atoms with Gasteiger partial charge in [-0.1, -0.05) is 12.1 Å². The van der Waals surface area contributed by atoms with E-state index in [2.05, 4.69) is 20.9 Å². The molecule has 0 fully saturated rings. The van der Waals surface area contributed by atoms with Crippen LogP contribution in [-0.2, 0) is 6.54 Å². The summed E-state index contributed by atoms with van der Waals surface area (Å²) in [6.07, 6.45) is 1.73. The molecule has 4 heteroatoms. The van der Waals surface area contributed by atoms with Gasteiger partial charge >= 0.3 is 0 Å². The smallest absolute Gasteiger partial charge is 0.233 e. The summed E-state index contributed by atoms with van der Waals surface area (Å²) in [4.78, 5) is 4.23. The topological polar surface area (TPSA) is 48.1 Å². The van der Waals surface area contributed by atoms with Gasteiger partial charge in [-0.2, -0.15) is 0 Å². The highest BCUT2D eigenvalue weighted by molar-refractivity contribution is 9.10. The standard InChI is InChI=1S/C14H15BrN2O/c1-9-3-4-11(8-16)7-12(9)18-14-13(15)10(2)5-6-17-14/h3-7H,8,16H2,1-2H3. The molecule has 0 aliphatic heterocycles. The molecule has 2 rings (SSSR count). The maximum Gasteiger partial charge on any atom is 0.233 e.